The molecule has 0 radical (unpaired) electrons. The third-order valence-electron chi connectivity index (χ3n) is 2.49. The Bertz CT molecular complexity index is 340. The minimum Gasteiger partial charge on any atom is -0.444 e. The van der Waals surface area contributed by atoms with Gasteiger partial charge < -0.3 is 10.5 Å². The lowest BCUT2D eigenvalue weighted by molar-refractivity contribution is 0.0888. The fourth-order valence-corrected chi connectivity index (χ4v) is 1.64. The second-order valence-corrected chi connectivity index (χ2v) is 3.52. The molecule has 0 saturated carbocycles. The number of benzene rings is 1. The Morgan fingerprint density at radius 3 is 2.73 bits per heavy atom. The minimum absolute atomic E-state index is 0.127. The number of anilines is 1. The molecule has 1 aliphatic heterocycles. The molecule has 1 unspecified atom stereocenters. The maximum atomic E-state index is 11.6. The number of nitrogens with zero attached hydrogens (tertiary/aromatic N) is 1. The van der Waals surface area contributed by atoms with Crippen LogP contribution in [0.4, 0.5) is 10.5 Å². The first-order chi connectivity index (χ1) is 7.31. The van der Waals surface area contributed by atoms with Crippen molar-refractivity contribution in [2.45, 2.75) is 12.5 Å². The van der Waals surface area contributed by atoms with Crippen LogP contribution in [-0.4, -0.2) is 25.3 Å². The Balaban J connectivity index is 2.10. The Morgan fingerprint density at radius 2 is 2.13 bits per heavy atom. The first-order valence-electron chi connectivity index (χ1n) is 5.04. The highest BCUT2D eigenvalue weighted by molar-refractivity contribution is 5.88. The van der Waals surface area contributed by atoms with Crippen LogP contribution in [0, 0.1) is 0 Å². The average Bonchev–Trinajstić information content (AvgIpc) is 2.30. The van der Waals surface area contributed by atoms with Crippen molar-refractivity contribution in [2.75, 3.05) is 18.0 Å². The Labute approximate surface area is 88.6 Å². The van der Waals surface area contributed by atoms with Crippen LogP contribution in [0.15, 0.2) is 30.3 Å². The van der Waals surface area contributed by atoms with E-state index in [0.717, 1.165) is 12.1 Å². The number of rotatable bonds is 2. The van der Waals surface area contributed by atoms with E-state index in [2.05, 4.69) is 0 Å². The van der Waals surface area contributed by atoms with Gasteiger partial charge in [-0.05, 0) is 12.1 Å². The van der Waals surface area contributed by atoms with Gasteiger partial charge >= 0.3 is 6.09 Å². The standard InChI is InChI=1S/C11H14N2O2/c12-8-10-6-7-13(11(14)15-10)9-4-2-1-3-5-9/h1-5,10H,6-8,12H2. The third kappa shape index (κ3) is 2.10. The summed E-state index contributed by atoms with van der Waals surface area (Å²) in [6, 6.07) is 9.50. The summed E-state index contributed by atoms with van der Waals surface area (Å²) in [5, 5.41) is 0. The van der Waals surface area contributed by atoms with Crippen molar-refractivity contribution < 1.29 is 9.53 Å². The molecule has 4 heteroatoms. The number of hydrogen-bond donors (Lipinski definition) is 1. The molecule has 1 aromatic carbocycles. The van der Waals surface area contributed by atoms with Crippen molar-refractivity contribution in [1.82, 2.24) is 0 Å². The number of carbonyl (C=O) groups is 1. The summed E-state index contributed by atoms with van der Waals surface area (Å²) >= 11 is 0. The summed E-state index contributed by atoms with van der Waals surface area (Å²) in [6.45, 7) is 1.07. The summed E-state index contributed by atoms with van der Waals surface area (Å²) in [5.41, 5.74) is 6.33. The first-order valence-corrected chi connectivity index (χ1v) is 5.04. The second-order valence-electron chi connectivity index (χ2n) is 3.52. The molecule has 2 N–H and O–H groups in total. The van der Waals surface area contributed by atoms with Crippen LogP contribution in [0.1, 0.15) is 6.42 Å². The van der Waals surface area contributed by atoms with Crippen molar-refractivity contribution in [3.05, 3.63) is 30.3 Å². The van der Waals surface area contributed by atoms with E-state index >= 15 is 0 Å². The van der Waals surface area contributed by atoms with Crippen LogP contribution in [-0.2, 0) is 4.74 Å². The van der Waals surface area contributed by atoms with Crippen LogP contribution in [0.5, 0.6) is 0 Å². The van der Waals surface area contributed by atoms with Crippen LogP contribution in [0.2, 0.25) is 0 Å². The van der Waals surface area contributed by atoms with Crippen LogP contribution >= 0.6 is 0 Å². The van der Waals surface area contributed by atoms with Crippen molar-refractivity contribution in [1.29, 1.82) is 0 Å². The van der Waals surface area contributed by atoms with E-state index in [1.807, 2.05) is 30.3 Å². The number of hydrogen-bond acceptors (Lipinski definition) is 3. The van der Waals surface area contributed by atoms with Gasteiger partial charge in [-0.2, -0.15) is 0 Å². The number of cyclic esters (lactones) is 1. The number of carbonyl (C=O) groups excluding carboxylic acids is 1. The lowest BCUT2D eigenvalue weighted by atomic mass is 10.2. The van der Waals surface area contributed by atoms with Crippen molar-refractivity contribution >= 4 is 11.8 Å². The lowest BCUT2D eigenvalue weighted by Gasteiger charge is -2.31. The highest BCUT2D eigenvalue weighted by atomic mass is 16.6. The van der Waals surface area contributed by atoms with Gasteiger partial charge in [-0.3, -0.25) is 4.90 Å². The summed E-state index contributed by atoms with van der Waals surface area (Å²) in [6.07, 6.45) is 0.359. The summed E-state index contributed by atoms with van der Waals surface area (Å²) in [4.78, 5) is 13.2. The highest BCUT2D eigenvalue weighted by Crippen LogP contribution is 2.19. The third-order valence-corrected chi connectivity index (χ3v) is 2.49. The van der Waals surface area contributed by atoms with Gasteiger partial charge in [-0.15, -0.1) is 0 Å². The normalized spacial score (nSPS) is 21.3. The second kappa shape index (κ2) is 4.31. The quantitative estimate of drug-likeness (QED) is 0.794. The van der Waals surface area contributed by atoms with Gasteiger partial charge in [0.2, 0.25) is 0 Å². The molecule has 4 nitrogen and oxygen atoms in total. The molecule has 0 aliphatic carbocycles. The molecule has 1 heterocycles. The number of nitrogens with two attached hydrogens (primary N) is 1. The van der Waals surface area contributed by atoms with E-state index in [0.29, 0.717) is 13.1 Å². The van der Waals surface area contributed by atoms with E-state index < -0.39 is 0 Å². The minimum atomic E-state index is -0.303. The highest BCUT2D eigenvalue weighted by Gasteiger charge is 2.26. The molecule has 1 aromatic rings. The zero-order chi connectivity index (χ0) is 10.7. The predicted octanol–water partition coefficient (Wildman–Crippen LogP) is 1.36. The molecular weight excluding hydrogens is 192 g/mol. The Kier molecular flexibility index (Phi) is 2.87. The molecule has 0 aromatic heterocycles. The molecule has 15 heavy (non-hydrogen) atoms. The van der Waals surface area contributed by atoms with Gasteiger partial charge in [0.15, 0.2) is 0 Å². The maximum absolute atomic E-state index is 11.6. The SMILES string of the molecule is NCC1CCN(c2ccccc2)C(=O)O1. The van der Waals surface area contributed by atoms with Crippen molar-refractivity contribution in [2.24, 2.45) is 5.73 Å². The summed E-state index contributed by atoms with van der Waals surface area (Å²) in [5.74, 6) is 0. The summed E-state index contributed by atoms with van der Waals surface area (Å²) in [7, 11) is 0. The molecule has 1 amide bonds. The van der Waals surface area contributed by atoms with Gasteiger partial charge in [0, 0.05) is 25.2 Å². The van der Waals surface area contributed by atoms with Crippen LogP contribution in [0.25, 0.3) is 0 Å². The van der Waals surface area contributed by atoms with Crippen molar-refractivity contribution in [3.8, 4) is 0 Å². The average molecular weight is 206 g/mol. The largest absolute Gasteiger partial charge is 0.444 e. The summed E-state index contributed by atoms with van der Waals surface area (Å²) < 4.78 is 5.16. The number of amides is 1. The zero-order valence-corrected chi connectivity index (χ0v) is 8.43. The van der Waals surface area contributed by atoms with E-state index in [1.54, 1.807) is 4.90 Å². The van der Waals surface area contributed by atoms with Crippen LogP contribution in [0.3, 0.4) is 0 Å². The fourth-order valence-electron chi connectivity index (χ4n) is 1.64. The Morgan fingerprint density at radius 1 is 1.40 bits per heavy atom. The van der Waals surface area contributed by atoms with Gasteiger partial charge in [0.1, 0.15) is 6.10 Å². The zero-order valence-electron chi connectivity index (χ0n) is 8.43. The molecule has 1 aliphatic rings. The molecule has 2 rings (SSSR count). The van der Waals surface area contributed by atoms with E-state index in [-0.39, 0.29) is 12.2 Å². The number of ether oxygens (including phenoxy) is 1. The Hall–Kier alpha value is -1.55. The molecule has 0 spiro atoms. The van der Waals surface area contributed by atoms with E-state index in [9.17, 15) is 4.79 Å². The van der Waals surface area contributed by atoms with Gasteiger partial charge in [0.25, 0.3) is 0 Å². The van der Waals surface area contributed by atoms with Gasteiger partial charge in [-0.1, -0.05) is 18.2 Å². The van der Waals surface area contributed by atoms with Crippen LogP contribution < -0.4 is 10.6 Å². The molecule has 80 valence electrons. The molecule has 0 bridgehead atoms. The predicted molar refractivity (Wildman–Crippen MR) is 57.7 cm³/mol. The van der Waals surface area contributed by atoms with Gasteiger partial charge in [0.05, 0.1) is 0 Å². The fraction of sp³-hybridized carbons (Fsp3) is 0.364. The number of para-hydroxylation sites is 1. The topological polar surface area (TPSA) is 55.6 Å². The molecule has 1 saturated heterocycles. The molecule has 1 fully saturated rings. The first kappa shape index (κ1) is 9.98. The lowest BCUT2D eigenvalue weighted by Crippen LogP contribution is -2.44. The monoisotopic (exact) mass is 206 g/mol. The van der Waals surface area contributed by atoms with E-state index in [1.165, 1.54) is 0 Å². The molecular formula is C11H14N2O2. The van der Waals surface area contributed by atoms with E-state index in [4.69, 9.17) is 10.5 Å². The maximum Gasteiger partial charge on any atom is 0.414 e. The molecule has 1 atom stereocenters. The van der Waals surface area contributed by atoms with Gasteiger partial charge in [-0.25, -0.2) is 4.79 Å². The smallest absolute Gasteiger partial charge is 0.414 e. The van der Waals surface area contributed by atoms with Crippen molar-refractivity contribution in [3.63, 3.8) is 0 Å².